The number of fused-ring (bicyclic) bond motifs is 1. The molecule has 1 aromatic carbocycles. The van der Waals surface area contributed by atoms with Crippen molar-refractivity contribution in [2.24, 2.45) is 0 Å². The van der Waals surface area contributed by atoms with Crippen LogP contribution in [-0.2, 0) is 28.8 Å². The second kappa shape index (κ2) is 7.67. The van der Waals surface area contributed by atoms with E-state index in [9.17, 15) is 39.9 Å². The van der Waals surface area contributed by atoms with Crippen molar-refractivity contribution in [1.82, 2.24) is 4.90 Å². The van der Waals surface area contributed by atoms with Crippen LogP contribution in [0.25, 0.3) is 0 Å². The normalized spacial score (nSPS) is 18.4. The van der Waals surface area contributed by atoms with Crippen molar-refractivity contribution in [3.05, 3.63) is 29.3 Å². The summed E-state index contributed by atoms with van der Waals surface area (Å²) < 4.78 is 103. The number of ether oxygens (including phenoxy) is 1. The molecule has 1 aliphatic heterocycles. The molecule has 1 amide bonds. The molecule has 6 nitrogen and oxygen atoms in total. The molecule has 1 heterocycles. The fraction of sp³-hybridized carbons (Fsp3) is 0.562. The summed E-state index contributed by atoms with van der Waals surface area (Å²) in [5.74, 6) is 0. The molecule has 0 aromatic heterocycles. The Morgan fingerprint density at radius 1 is 1.14 bits per heavy atom. The summed E-state index contributed by atoms with van der Waals surface area (Å²) >= 11 is -2.75. The molecule has 1 saturated heterocycles. The first-order chi connectivity index (χ1) is 13.4. The first kappa shape index (κ1) is 21.7. The van der Waals surface area contributed by atoms with Gasteiger partial charge in [-0.1, -0.05) is 6.07 Å². The Labute approximate surface area is 163 Å². The van der Waals surface area contributed by atoms with Gasteiger partial charge >= 0.3 is 18.4 Å². The van der Waals surface area contributed by atoms with Crippen molar-refractivity contribution < 1.29 is 44.6 Å². The predicted molar refractivity (Wildman–Crippen MR) is 87.6 cm³/mol. The van der Waals surface area contributed by atoms with E-state index in [2.05, 4.69) is 4.74 Å². The average Bonchev–Trinajstić information content (AvgIpc) is 3.00. The number of carbonyl (C=O) groups excluding carboxylic acids is 1. The van der Waals surface area contributed by atoms with Gasteiger partial charge in [0.2, 0.25) is 0 Å². The lowest BCUT2D eigenvalue weighted by molar-refractivity contribution is -0.308. The second-order valence-corrected chi connectivity index (χ2v) is 7.58. The summed E-state index contributed by atoms with van der Waals surface area (Å²) in [6.07, 6.45) is -15.1. The fourth-order valence-corrected chi connectivity index (χ4v) is 4.02. The minimum atomic E-state index is -5.81. The smallest absolute Gasteiger partial charge is 0.434 e. The van der Waals surface area contributed by atoms with Crippen molar-refractivity contribution in [2.45, 2.75) is 43.8 Å². The first-order valence-corrected chi connectivity index (χ1v) is 9.50. The molecular weight excluding hydrogens is 430 g/mol. The van der Waals surface area contributed by atoms with E-state index in [1.807, 2.05) is 0 Å². The van der Waals surface area contributed by atoms with E-state index >= 15 is 0 Å². The van der Waals surface area contributed by atoms with Crippen LogP contribution in [0.5, 0.6) is 0 Å². The minimum absolute atomic E-state index is 0.320. The van der Waals surface area contributed by atoms with Crippen LogP contribution < -0.4 is 4.31 Å². The van der Waals surface area contributed by atoms with E-state index in [4.69, 9.17) is 0 Å². The molecule has 1 aromatic rings. The molecule has 0 spiro atoms. The van der Waals surface area contributed by atoms with Gasteiger partial charge in [0, 0.05) is 30.0 Å². The Bertz CT molecular complexity index is 796. The van der Waals surface area contributed by atoms with Gasteiger partial charge < -0.3 is 14.2 Å². The molecule has 0 bridgehead atoms. The third-order valence-electron chi connectivity index (χ3n) is 4.76. The topological polar surface area (TPSA) is 72.9 Å². The Hall–Kier alpha value is -2.02. The highest BCUT2D eigenvalue weighted by atomic mass is 32.2. The van der Waals surface area contributed by atoms with Gasteiger partial charge in [-0.05, 0) is 42.5 Å². The second-order valence-electron chi connectivity index (χ2n) is 6.76. The predicted octanol–water partition coefficient (Wildman–Crippen LogP) is 3.09. The van der Waals surface area contributed by atoms with Crippen LogP contribution >= 0.6 is 0 Å². The maximum absolute atomic E-state index is 12.5. The molecule has 1 fully saturated rings. The van der Waals surface area contributed by atoms with Gasteiger partial charge in [-0.25, -0.2) is 4.79 Å². The van der Waals surface area contributed by atoms with E-state index in [-0.39, 0.29) is 0 Å². The van der Waals surface area contributed by atoms with E-state index in [0.29, 0.717) is 10.6 Å². The van der Waals surface area contributed by atoms with Crippen LogP contribution in [0.4, 0.5) is 36.8 Å². The zero-order valence-corrected chi connectivity index (χ0v) is 15.4. The summed E-state index contributed by atoms with van der Waals surface area (Å²) in [7, 11) is 0. The number of hydrogen-bond donors (Lipinski definition) is 0. The van der Waals surface area contributed by atoms with Crippen LogP contribution in [0.2, 0.25) is 0 Å². The van der Waals surface area contributed by atoms with Crippen molar-refractivity contribution in [3.63, 3.8) is 0 Å². The monoisotopic (exact) mass is 445 g/mol. The molecule has 0 N–H and O–H groups in total. The molecule has 2 aliphatic rings. The van der Waals surface area contributed by atoms with E-state index < -0.39 is 54.9 Å². The number of nitrogens with zero attached hydrogens (tertiary/aromatic N) is 2. The Kier molecular flexibility index (Phi) is 5.73. The summed E-state index contributed by atoms with van der Waals surface area (Å²) in [5, 5.41) is 0. The number of benzene rings is 1. The Balaban J connectivity index is 1.66. The first-order valence-electron chi connectivity index (χ1n) is 8.47. The number of anilines is 1. The van der Waals surface area contributed by atoms with Gasteiger partial charge in [0.25, 0.3) is 6.10 Å². The van der Waals surface area contributed by atoms with Crippen molar-refractivity contribution in [3.8, 4) is 0 Å². The zero-order valence-electron chi connectivity index (χ0n) is 14.6. The summed E-state index contributed by atoms with van der Waals surface area (Å²) in [6.45, 7) is -0.793. The number of aryl methyl sites for hydroxylation is 2. The Morgan fingerprint density at radius 3 is 2.28 bits per heavy atom. The summed E-state index contributed by atoms with van der Waals surface area (Å²) in [5.41, 5.74) is 2.39. The molecule has 1 atom stereocenters. The third-order valence-corrected chi connectivity index (χ3v) is 5.59. The molecule has 13 heteroatoms. The maximum atomic E-state index is 12.5. The van der Waals surface area contributed by atoms with Gasteiger partial charge in [-0.2, -0.15) is 26.3 Å². The average molecular weight is 445 g/mol. The SMILES string of the molecule is O=C(OC(C(F)(F)F)C(F)(F)F)N1CC(N(c2ccc3c(c2)CCC3)S(=O)[O-])C1. The maximum Gasteiger partial charge on any atom is 0.434 e. The van der Waals surface area contributed by atoms with Gasteiger partial charge in [-0.15, -0.1) is 0 Å². The van der Waals surface area contributed by atoms with Gasteiger partial charge in [0.15, 0.2) is 0 Å². The van der Waals surface area contributed by atoms with Crippen LogP contribution in [-0.4, -0.2) is 57.3 Å². The Morgan fingerprint density at radius 2 is 1.72 bits per heavy atom. The van der Waals surface area contributed by atoms with Gasteiger partial charge in [-0.3, -0.25) is 8.51 Å². The molecule has 1 aliphatic carbocycles. The van der Waals surface area contributed by atoms with Crippen LogP contribution in [0.1, 0.15) is 17.5 Å². The number of likely N-dealkylation sites (tertiary alicyclic amines) is 1. The number of amides is 1. The van der Waals surface area contributed by atoms with E-state index in [1.165, 1.54) is 0 Å². The molecule has 162 valence electrons. The van der Waals surface area contributed by atoms with Crippen LogP contribution in [0, 0.1) is 0 Å². The van der Waals surface area contributed by atoms with Crippen molar-refractivity contribution >= 4 is 23.0 Å². The lowest BCUT2D eigenvalue weighted by atomic mass is 10.1. The standard InChI is InChI=1S/C16H16F6N2O4S/c17-15(18,19)13(16(20,21)22)28-14(25)23-7-12(8-23)24(29(26)27)11-5-4-9-2-1-3-10(9)6-11/h4-6,12-13H,1-3,7-8H2,(H,26,27)/p-1. The minimum Gasteiger partial charge on any atom is -0.755 e. The highest BCUT2D eigenvalue weighted by molar-refractivity contribution is 7.80. The zero-order chi connectivity index (χ0) is 21.6. The number of carbonyl (C=O) groups is 1. The molecule has 0 saturated carbocycles. The molecular formula is C16H15F6N2O4S-. The molecule has 1 unspecified atom stereocenters. The molecule has 29 heavy (non-hydrogen) atoms. The highest BCUT2D eigenvalue weighted by Gasteiger charge is 2.60. The number of rotatable bonds is 4. The number of halogens is 6. The summed E-state index contributed by atoms with van der Waals surface area (Å²) in [6, 6.07) is 4.21. The van der Waals surface area contributed by atoms with E-state index in [1.54, 1.807) is 18.2 Å². The van der Waals surface area contributed by atoms with Gasteiger partial charge in [0.05, 0.1) is 6.04 Å². The van der Waals surface area contributed by atoms with Crippen molar-refractivity contribution in [1.29, 1.82) is 0 Å². The summed E-state index contributed by atoms with van der Waals surface area (Å²) in [4.78, 5) is 12.3. The number of alkyl halides is 6. The largest absolute Gasteiger partial charge is 0.755 e. The third kappa shape index (κ3) is 4.60. The van der Waals surface area contributed by atoms with Crippen LogP contribution in [0.15, 0.2) is 18.2 Å². The lowest BCUT2D eigenvalue weighted by Gasteiger charge is -2.46. The molecule has 3 rings (SSSR count). The molecule has 0 radical (unpaired) electrons. The highest BCUT2D eigenvalue weighted by Crippen LogP contribution is 2.37. The van der Waals surface area contributed by atoms with Crippen LogP contribution in [0.3, 0.4) is 0 Å². The van der Waals surface area contributed by atoms with Crippen molar-refractivity contribution in [2.75, 3.05) is 17.4 Å². The van der Waals surface area contributed by atoms with E-state index in [0.717, 1.165) is 34.7 Å². The quantitative estimate of drug-likeness (QED) is 0.528. The number of hydrogen-bond acceptors (Lipinski definition) is 4. The fourth-order valence-electron chi connectivity index (χ4n) is 3.36. The lowest BCUT2D eigenvalue weighted by Crippen LogP contribution is -2.62. The van der Waals surface area contributed by atoms with Gasteiger partial charge in [0.1, 0.15) is 0 Å².